The fourth-order valence-corrected chi connectivity index (χ4v) is 7.21. The Morgan fingerprint density at radius 1 is 1.12 bits per heavy atom. The minimum Gasteiger partial charge on any atom is -0.467 e. The van der Waals surface area contributed by atoms with Crippen molar-refractivity contribution in [1.82, 2.24) is 10.2 Å². The number of alkyl halides is 5. The molecule has 1 aromatic carbocycles. The Morgan fingerprint density at radius 2 is 1.76 bits per heavy atom. The molecule has 1 atom stereocenters. The lowest BCUT2D eigenvalue weighted by Gasteiger charge is -2.32. The van der Waals surface area contributed by atoms with Crippen molar-refractivity contribution in [1.29, 1.82) is 0 Å². The molecule has 0 bridgehead atoms. The summed E-state index contributed by atoms with van der Waals surface area (Å²) in [5.74, 6) is -7.28. The number of esters is 2. The van der Waals surface area contributed by atoms with Crippen LogP contribution in [0.5, 0.6) is 0 Å². The molecule has 2 aliphatic heterocycles. The summed E-state index contributed by atoms with van der Waals surface area (Å²) in [5, 5.41) is 2.30. The molecular weight excluding hydrogens is 633 g/mol. The summed E-state index contributed by atoms with van der Waals surface area (Å²) in [4.78, 5) is 38.5. The zero-order chi connectivity index (χ0) is 31.5. The second-order valence-electron chi connectivity index (χ2n) is 8.77. The predicted octanol–water partition coefficient (Wildman–Crippen LogP) is 4.72. The number of thioether (sulfide) groups is 2. The Labute approximate surface area is 245 Å². The highest BCUT2D eigenvalue weighted by Gasteiger charge is 2.56. The van der Waals surface area contributed by atoms with E-state index in [0.717, 1.165) is 54.3 Å². The van der Waals surface area contributed by atoms with E-state index in [1.54, 1.807) is 6.92 Å². The predicted molar refractivity (Wildman–Crippen MR) is 144 cm³/mol. The number of nitrogens with one attached hydrogen (secondary N) is 1. The molecule has 1 unspecified atom stereocenters. The van der Waals surface area contributed by atoms with Crippen LogP contribution in [0.2, 0.25) is 0 Å². The van der Waals surface area contributed by atoms with Gasteiger partial charge in [-0.3, -0.25) is 10.2 Å². The van der Waals surface area contributed by atoms with E-state index in [2.05, 4.69) is 14.5 Å². The first-order valence-electron chi connectivity index (χ1n) is 11.9. The standard InChI is InChI=1S/C24H24F5N3O7S3/c1-13-6-8-14(9-7-13)42(36,37)31-19-18-21(40-11-5-4-10-23(25,26)24(27,28)29)41-15(12-16(33)38-2)17(20(34)39-3)32(18)22(35)30-19/h6-9,12,17H,4-5,10-11H2,1-3H3,(H,30,31,35)/b15-12-. The summed E-state index contributed by atoms with van der Waals surface area (Å²) in [6.45, 7) is 1.74. The molecule has 0 radical (unpaired) electrons. The van der Waals surface area contributed by atoms with Gasteiger partial charge in [0, 0.05) is 17.4 Å². The van der Waals surface area contributed by atoms with E-state index in [4.69, 9.17) is 4.74 Å². The van der Waals surface area contributed by atoms with Crippen LogP contribution in [0.4, 0.5) is 26.7 Å². The summed E-state index contributed by atoms with van der Waals surface area (Å²) in [6.07, 6.45) is -6.85. The van der Waals surface area contributed by atoms with Crippen molar-refractivity contribution in [3.05, 3.63) is 50.7 Å². The molecule has 42 heavy (non-hydrogen) atoms. The number of hydrogen-bond donors (Lipinski definition) is 1. The van der Waals surface area contributed by atoms with Crippen LogP contribution in [0.25, 0.3) is 0 Å². The molecule has 0 saturated carbocycles. The van der Waals surface area contributed by atoms with Gasteiger partial charge in [0.15, 0.2) is 11.9 Å². The van der Waals surface area contributed by atoms with E-state index in [1.807, 2.05) is 0 Å². The van der Waals surface area contributed by atoms with Crippen LogP contribution >= 0.6 is 23.5 Å². The summed E-state index contributed by atoms with van der Waals surface area (Å²) in [7, 11) is -2.31. The molecule has 18 heteroatoms. The van der Waals surface area contributed by atoms with Crippen LogP contribution in [0.3, 0.4) is 0 Å². The highest BCUT2D eigenvalue weighted by molar-refractivity contribution is 8.24. The minimum atomic E-state index is -5.69. The Kier molecular flexibility index (Phi) is 10.4. The number of fused-ring (bicyclic) bond motifs is 1. The molecule has 2 amide bonds. The molecule has 0 spiro atoms. The van der Waals surface area contributed by atoms with Gasteiger partial charge in [-0.2, -0.15) is 30.4 Å². The first kappa shape index (κ1) is 33.4. The van der Waals surface area contributed by atoms with Gasteiger partial charge in [-0.15, -0.1) is 16.2 Å². The number of hydrogen-bond acceptors (Lipinski definition) is 9. The highest BCUT2D eigenvalue weighted by atomic mass is 32.2. The monoisotopic (exact) mass is 657 g/mol. The smallest absolute Gasteiger partial charge is 0.453 e. The lowest BCUT2D eigenvalue weighted by Crippen LogP contribution is -2.45. The Hall–Kier alpha value is -3.12. The van der Waals surface area contributed by atoms with Crippen molar-refractivity contribution >= 4 is 57.4 Å². The number of methoxy groups -OCH3 is 2. The SMILES string of the molecule is COC(=O)/C=C1\SC(SCCCCC(F)(F)C(F)(F)F)=C2C(=NS(=O)(=O)c3ccc(C)cc3)NC(=O)N2C1C(=O)OC. The molecule has 0 aliphatic carbocycles. The van der Waals surface area contributed by atoms with Gasteiger partial charge < -0.3 is 9.47 Å². The second-order valence-corrected chi connectivity index (χ2v) is 12.8. The molecule has 1 aromatic rings. The zero-order valence-corrected chi connectivity index (χ0v) is 24.6. The number of halogens is 5. The Balaban J connectivity index is 2.04. The number of carbonyl (C=O) groups is 3. The molecule has 2 aliphatic rings. The number of ether oxygens (including phenoxy) is 2. The van der Waals surface area contributed by atoms with E-state index in [1.165, 1.54) is 24.3 Å². The number of amides is 2. The minimum absolute atomic E-state index is 0.0474. The van der Waals surface area contributed by atoms with Crippen LogP contribution in [0.1, 0.15) is 24.8 Å². The molecule has 1 fully saturated rings. The lowest BCUT2D eigenvalue weighted by molar-refractivity contribution is -0.284. The molecule has 1 saturated heterocycles. The van der Waals surface area contributed by atoms with Crippen LogP contribution in [-0.4, -0.2) is 75.2 Å². The fraction of sp³-hybridized carbons (Fsp3) is 0.417. The lowest BCUT2D eigenvalue weighted by atomic mass is 10.1. The van der Waals surface area contributed by atoms with Crippen LogP contribution in [-0.2, 0) is 29.1 Å². The zero-order valence-electron chi connectivity index (χ0n) is 22.2. The molecule has 230 valence electrons. The average Bonchev–Trinajstić information content (AvgIpc) is 3.22. The van der Waals surface area contributed by atoms with E-state index in [9.17, 15) is 44.8 Å². The van der Waals surface area contributed by atoms with Crippen LogP contribution in [0, 0.1) is 6.92 Å². The Bertz CT molecular complexity index is 1440. The quantitative estimate of drug-likeness (QED) is 0.164. The third-order valence-corrected chi connectivity index (χ3v) is 9.59. The number of aryl methyl sites for hydroxylation is 1. The number of urea groups is 1. The second kappa shape index (κ2) is 13.0. The van der Waals surface area contributed by atoms with Crippen LogP contribution in [0.15, 0.2) is 54.5 Å². The normalized spacial score (nSPS) is 19.7. The number of sulfonamides is 1. The summed E-state index contributed by atoms with van der Waals surface area (Å²) >= 11 is 1.65. The van der Waals surface area contributed by atoms with Crippen molar-refractivity contribution < 1.29 is 54.2 Å². The topological polar surface area (TPSA) is 131 Å². The van der Waals surface area contributed by atoms with Gasteiger partial charge >= 0.3 is 30.1 Å². The van der Waals surface area contributed by atoms with Crippen molar-refractivity contribution in [2.45, 2.75) is 49.2 Å². The number of rotatable bonds is 10. The number of unbranched alkanes of at least 4 members (excludes halogenated alkanes) is 1. The molecular formula is C24H24F5N3O7S3. The van der Waals surface area contributed by atoms with E-state index >= 15 is 0 Å². The molecule has 1 N–H and O–H groups in total. The van der Waals surface area contributed by atoms with Gasteiger partial charge in [0.05, 0.1) is 23.4 Å². The van der Waals surface area contributed by atoms with Crippen molar-refractivity contribution in [3.8, 4) is 0 Å². The summed E-state index contributed by atoms with van der Waals surface area (Å²) in [5.41, 5.74) is 0.592. The van der Waals surface area contributed by atoms with Gasteiger partial charge in [0.1, 0.15) is 5.70 Å². The van der Waals surface area contributed by atoms with Gasteiger partial charge in [-0.25, -0.2) is 14.4 Å². The number of carbonyl (C=O) groups excluding carboxylic acids is 3. The van der Waals surface area contributed by atoms with Crippen molar-refractivity contribution in [2.75, 3.05) is 20.0 Å². The number of benzene rings is 1. The van der Waals surface area contributed by atoms with E-state index in [-0.39, 0.29) is 31.9 Å². The molecule has 2 heterocycles. The maximum absolute atomic E-state index is 13.3. The molecule has 3 rings (SSSR count). The Morgan fingerprint density at radius 3 is 2.33 bits per heavy atom. The van der Waals surface area contributed by atoms with Gasteiger partial charge in [-0.05, 0) is 37.7 Å². The first-order chi connectivity index (χ1) is 19.5. The summed E-state index contributed by atoms with van der Waals surface area (Å²) < 4.78 is 103. The first-order valence-corrected chi connectivity index (χ1v) is 15.2. The number of amidine groups is 1. The van der Waals surface area contributed by atoms with E-state index in [0.29, 0.717) is 0 Å². The average molecular weight is 658 g/mol. The van der Waals surface area contributed by atoms with Crippen LogP contribution < -0.4 is 5.32 Å². The van der Waals surface area contributed by atoms with Crippen molar-refractivity contribution in [3.63, 3.8) is 0 Å². The number of nitrogens with zero attached hydrogens (tertiary/aromatic N) is 2. The van der Waals surface area contributed by atoms with E-state index < -0.39 is 64.8 Å². The van der Waals surface area contributed by atoms with Gasteiger partial charge in [-0.1, -0.05) is 29.5 Å². The largest absolute Gasteiger partial charge is 0.467 e. The highest BCUT2D eigenvalue weighted by Crippen LogP contribution is 2.48. The molecule has 10 nitrogen and oxygen atoms in total. The third-order valence-electron chi connectivity index (χ3n) is 5.79. The van der Waals surface area contributed by atoms with Crippen molar-refractivity contribution in [2.24, 2.45) is 4.40 Å². The third kappa shape index (κ3) is 7.44. The maximum Gasteiger partial charge on any atom is 0.453 e. The van der Waals surface area contributed by atoms with Gasteiger partial charge in [0.25, 0.3) is 10.0 Å². The summed E-state index contributed by atoms with van der Waals surface area (Å²) in [6, 6.07) is 3.12. The maximum atomic E-state index is 13.3. The molecule has 0 aromatic heterocycles. The fourth-order valence-electron chi connectivity index (χ4n) is 3.64. The van der Waals surface area contributed by atoms with Gasteiger partial charge in [0.2, 0.25) is 0 Å².